The first-order chi connectivity index (χ1) is 8.72. The Morgan fingerprint density at radius 3 is 2.72 bits per heavy atom. The zero-order valence-electron chi connectivity index (χ0n) is 10.5. The highest BCUT2D eigenvalue weighted by Crippen LogP contribution is 2.17. The zero-order valence-corrected chi connectivity index (χ0v) is 10.5. The number of likely N-dealkylation sites (tertiary alicyclic amines) is 1. The van der Waals surface area contributed by atoms with Crippen LogP contribution in [0, 0.1) is 0 Å². The minimum atomic E-state index is -0.563. The fraction of sp³-hybridized carbons (Fsp3) is 0.429. The highest BCUT2D eigenvalue weighted by Gasteiger charge is 2.26. The molecule has 4 heteroatoms. The summed E-state index contributed by atoms with van der Waals surface area (Å²) in [6, 6.07) is 8.82. The molecule has 1 saturated heterocycles. The van der Waals surface area contributed by atoms with E-state index in [9.17, 15) is 9.59 Å². The van der Waals surface area contributed by atoms with E-state index in [1.807, 2.05) is 37.3 Å². The number of nitrogens with one attached hydrogen (secondary N) is 1. The molecule has 1 N–H and O–H groups in total. The highest BCUT2D eigenvalue weighted by atomic mass is 16.2. The molecule has 2 atom stereocenters. The molecule has 0 saturated carbocycles. The molecule has 2 amide bonds. The molecule has 0 radical (unpaired) electrons. The molecule has 18 heavy (non-hydrogen) atoms. The second-order valence-electron chi connectivity index (χ2n) is 4.66. The summed E-state index contributed by atoms with van der Waals surface area (Å²) in [5.74, 6) is 0. The van der Waals surface area contributed by atoms with Gasteiger partial charge in [0.05, 0.1) is 0 Å². The van der Waals surface area contributed by atoms with Gasteiger partial charge in [-0.3, -0.25) is 0 Å². The summed E-state index contributed by atoms with van der Waals surface area (Å²) in [4.78, 5) is 24.9. The summed E-state index contributed by atoms with van der Waals surface area (Å²) in [5, 5.41) is 2.77. The Bertz CT molecular complexity index is 419. The van der Waals surface area contributed by atoms with Crippen molar-refractivity contribution in [1.82, 2.24) is 10.2 Å². The van der Waals surface area contributed by atoms with Crippen molar-refractivity contribution in [2.75, 3.05) is 6.54 Å². The second-order valence-corrected chi connectivity index (χ2v) is 4.66. The van der Waals surface area contributed by atoms with Gasteiger partial charge in [-0.1, -0.05) is 30.3 Å². The van der Waals surface area contributed by atoms with Crippen LogP contribution in [-0.4, -0.2) is 29.8 Å². The topological polar surface area (TPSA) is 49.4 Å². The standard InChI is InChI=1S/C14H18N2O2/c1-11-6-5-9-16(11)14(18)15-13(10-17)12-7-3-2-4-8-12/h2-4,7-8,10-11,13H,5-6,9H2,1H3,(H,15,18)/t11-,13-/m0/s1. The monoisotopic (exact) mass is 246 g/mol. The van der Waals surface area contributed by atoms with Crippen LogP contribution in [0.25, 0.3) is 0 Å². The molecule has 0 unspecified atom stereocenters. The third kappa shape index (κ3) is 2.70. The number of hydrogen-bond donors (Lipinski definition) is 1. The van der Waals surface area contributed by atoms with Crippen molar-refractivity contribution in [3.05, 3.63) is 35.9 Å². The molecule has 1 aromatic carbocycles. The normalized spacial score (nSPS) is 20.5. The molecule has 1 aromatic rings. The van der Waals surface area contributed by atoms with E-state index in [-0.39, 0.29) is 12.1 Å². The van der Waals surface area contributed by atoms with Crippen molar-refractivity contribution in [1.29, 1.82) is 0 Å². The van der Waals surface area contributed by atoms with Crippen LogP contribution in [0.15, 0.2) is 30.3 Å². The number of nitrogens with zero attached hydrogens (tertiary/aromatic N) is 1. The first-order valence-corrected chi connectivity index (χ1v) is 6.29. The van der Waals surface area contributed by atoms with Gasteiger partial charge in [-0.15, -0.1) is 0 Å². The number of urea groups is 1. The molecule has 0 aromatic heterocycles. The van der Waals surface area contributed by atoms with Gasteiger partial charge in [0, 0.05) is 12.6 Å². The van der Waals surface area contributed by atoms with Crippen LogP contribution in [0.4, 0.5) is 4.79 Å². The second kappa shape index (κ2) is 5.67. The molecule has 1 aliphatic rings. The van der Waals surface area contributed by atoms with Crippen molar-refractivity contribution >= 4 is 12.3 Å². The van der Waals surface area contributed by atoms with E-state index in [1.165, 1.54) is 0 Å². The average molecular weight is 246 g/mol. The van der Waals surface area contributed by atoms with E-state index < -0.39 is 6.04 Å². The first kappa shape index (κ1) is 12.6. The summed E-state index contributed by atoms with van der Waals surface area (Å²) in [7, 11) is 0. The molecule has 0 bridgehead atoms. The number of benzene rings is 1. The van der Waals surface area contributed by atoms with Gasteiger partial charge in [0.2, 0.25) is 0 Å². The van der Waals surface area contributed by atoms with Gasteiger partial charge in [-0.2, -0.15) is 0 Å². The van der Waals surface area contributed by atoms with Crippen LogP contribution < -0.4 is 5.32 Å². The van der Waals surface area contributed by atoms with Crippen molar-refractivity contribution in [3.8, 4) is 0 Å². The number of hydrogen-bond acceptors (Lipinski definition) is 2. The molecule has 4 nitrogen and oxygen atoms in total. The lowest BCUT2D eigenvalue weighted by Crippen LogP contribution is -2.43. The van der Waals surface area contributed by atoms with E-state index >= 15 is 0 Å². The molecule has 1 heterocycles. The number of amides is 2. The van der Waals surface area contributed by atoms with E-state index in [0.717, 1.165) is 31.2 Å². The van der Waals surface area contributed by atoms with Crippen LogP contribution in [0.3, 0.4) is 0 Å². The van der Waals surface area contributed by atoms with Gasteiger partial charge in [0.25, 0.3) is 0 Å². The summed E-state index contributed by atoms with van der Waals surface area (Å²) >= 11 is 0. The minimum Gasteiger partial charge on any atom is -0.324 e. The lowest BCUT2D eigenvalue weighted by molar-refractivity contribution is -0.109. The van der Waals surface area contributed by atoms with Crippen molar-refractivity contribution < 1.29 is 9.59 Å². The highest BCUT2D eigenvalue weighted by molar-refractivity contribution is 5.79. The predicted molar refractivity (Wildman–Crippen MR) is 69.2 cm³/mol. The SMILES string of the molecule is C[C@H]1CCCN1C(=O)N[C@@H](C=O)c1ccccc1. The minimum absolute atomic E-state index is 0.152. The number of rotatable bonds is 3. The Morgan fingerprint density at radius 2 is 2.17 bits per heavy atom. The van der Waals surface area contributed by atoms with Gasteiger partial charge >= 0.3 is 6.03 Å². The largest absolute Gasteiger partial charge is 0.324 e. The fourth-order valence-electron chi connectivity index (χ4n) is 2.31. The van der Waals surface area contributed by atoms with Crippen LogP contribution in [0.1, 0.15) is 31.4 Å². The Hall–Kier alpha value is -1.84. The quantitative estimate of drug-likeness (QED) is 0.830. The van der Waals surface area contributed by atoms with E-state index in [2.05, 4.69) is 5.32 Å². The molecule has 96 valence electrons. The number of carbonyl (C=O) groups is 2. The van der Waals surface area contributed by atoms with Gasteiger partial charge < -0.3 is 15.0 Å². The summed E-state index contributed by atoms with van der Waals surface area (Å²) in [5.41, 5.74) is 0.813. The van der Waals surface area contributed by atoms with Crippen LogP contribution in [0.2, 0.25) is 0 Å². The smallest absolute Gasteiger partial charge is 0.318 e. The fourth-order valence-corrected chi connectivity index (χ4v) is 2.31. The van der Waals surface area contributed by atoms with Gasteiger partial charge in [0.1, 0.15) is 12.3 Å². The maximum Gasteiger partial charge on any atom is 0.318 e. The number of aldehydes is 1. The molecule has 0 spiro atoms. The Kier molecular flexibility index (Phi) is 3.97. The Morgan fingerprint density at radius 1 is 1.44 bits per heavy atom. The maximum absolute atomic E-state index is 12.1. The molecule has 2 rings (SSSR count). The van der Waals surface area contributed by atoms with E-state index in [4.69, 9.17) is 0 Å². The number of carbonyl (C=O) groups excluding carboxylic acids is 2. The van der Waals surface area contributed by atoms with Crippen LogP contribution >= 0.6 is 0 Å². The van der Waals surface area contributed by atoms with Crippen LogP contribution in [-0.2, 0) is 4.79 Å². The summed E-state index contributed by atoms with van der Waals surface area (Å²) < 4.78 is 0. The van der Waals surface area contributed by atoms with E-state index in [1.54, 1.807) is 4.90 Å². The molecular formula is C14H18N2O2. The lowest BCUT2D eigenvalue weighted by atomic mass is 10.1. The molecule has 1 aliphatic heterocycles. The third-order valence-corrected chi connectivity index (χ3v) is 3.39. The maximum atomic E-state index is 12.1. The zero-order chi connectivity index (χ0) is 13.0. The molecule has 1 fully saturated rings. The van der Waals surface area contributed by atoms with Gasteiger partial charge in [-0.25, -0.2) is 4.79 Å². The van der Waals surface area contributed by atoms with Crippen molar-refractivity contribution in [2.45, 2.75) is 31.8 Å². The predicted octanol–water partition coefficient (Wildman–Crippen LogP) is 2.12. The van der Waals surface area contributed by atoms with Crippen molar-refractivity contribution in [3.63, 3.8) is 0 Å². The average Bonchev–Trinajstić information content (AvgIpc) is 2.83. The molecule has 0 aliphatic carbocycles. The Balaban J connectivity index is 2.03. The summed E-state index contributed by atoms with van der Waals surface area (Å²) in [6.07, 6.45) is 2.84. The third-order valence-electron chi connectivity index (χ3n) is 3.39. The van der Waals surface area contributed by atoms with E-state index in [0.29, 0.717) is 0 Å². The van der Waals surface area contributed by atoms with Gasteiger partial charge in [-0.05, 0) is 25.3 Å². The van der Waals surface area contributed by atoms with Crippen molar-refractivity contribution in [2.24, 2.45) is 0 Å². The summed E-state index contributed by atoms with van der Waals surface area (Å²) in [6.45, 7) is 2.80. The molecular weight excluding hydrogens is 228 g/mol. The van der Waals surface area contributed by atoms with Gasteiger partial charge in [0.15, 0.2) is 0 Å². The first-order valence-electron chi connectivity index (χ1n) is 6.29. The van der Waals surface area contributed by atoms with Crippen LogP contribution in [0.5, 0.6) is 0 Å². The Labute approximate surface area is 107 Å². The lowest BCUT2D eigenvalue weighted by Gasteiger charge is -2.24.